The number of rotatable bonds is 10. The molecule has 0 unspecified atom stereocenters. The largest absolute Gasteiger partial charge is 0.497 e. The first-order valence-electron chi connectivity index (χ1n) is 23.9. The quantitative estimate of drug-likeness (QED) is 0.112. The molecule has 2 atom stereocenters. The zero-order valence-electron chi connectivity index (χ0n) is 41.3. The second-order valence-electron chi connectivity index (χ2n) is 18.1. The number of nitrogens with one attached hydrogen (secondary N) is 2. The van der Waals surface area contributed by atoms with Crippen LogP contribution >= 0.6 is 11.6 Å². The minimum absolute atomic E-state index is 0.170. The molecule has 16 nitrogen and oxygen atoms in total. The van der Waals surface area contributed by atoms with Gasteiger partial charge in [-0.3, -0.25) is 4.90 Å². The van der Waals surface area contributed by atoms with Gasteiger partial charge in [0.2, 0.25) is 11.9 Å². The summed E-state index contributed by atoms with van der Waals surface area (Å²) in [5.41, 5.74) is 14.7. The molecule has 2 aliphatic heterocycles. The first-order chi connectivity index (χ1) is 34.9. The lowest BCUT2D eigenvalue weighted by molar-refractivity contribution is 0.177. The molecule has 0 aliphatic carbocycles. The van der Waals surface area contributed by atoms with Gasteiger partial charge >= 0.3 is 0 Å². The second-order valence-corrected chi connectivity index (χ2v) is 18.4. The Morgan fingerprint density at radius 1 is 0.694 bits per heavy atom. The van der Waals surface area contributed by atoms with Crippen molar-refractivity contribution in [2.24, 2.45) is 0 Å². The van der Waals surface area contributed by atoms with Gasteiger partial charge in [0.15, 0.2) is 22.9 Å². The molecule has 0 spiro atoms. The number of aromatic nitrogens is 8. The molecular weight excluding hydrogens is 938 g/mol. The van der Waals surface area contributed by atoms with E-state index in [2.05, 4.69) is 59.3 Å². The number of hydrogen-bond donors (Lipinski definition) is 3. The number of piperazine rings is 2. The fourth-order valence-electron chi connectivity index (χ4n) is 9.16. The van der Waals surface area contributed by atoms with E-state index in [4.69, 9.17) is 36.8 Å². The van der Waals surface area contributed by atoms with Crippen molar-refractivity contribution in [3.05, 3.63) is 143 Å². The van der Waals surface area contributed by atoms with Crippen molar-refractivity contribution in [2.45, 2.75) is 58.7 Å². The smallest absolute Gasteiger partial charge is 0.226 e. The highest BCUT2D eigenvalue weighted by Gasteiger charge is 2.26. The predicted octanol–water partition coefficient (Wildman–Crippen LogP) is 8.60. The van der Waals surface area contributed by atoms with E-state index in [1.807, 2.05) is 92.7 Å². The van der Waals surface area contributed by atoms with E-state index in [1.165, 1.54) is 24.3 Å². The lowest BCUT2D eigenvalue weighted by Crippen LogP contribution is -2.51. The van der Waals surface area contributed by atoms with Gasteiger partial charge in [0, 0.05) is 86.1 Å². The van der Waals surface area contributed by atoms with Crippen LogP contribution in [-0.4, -0.2) is 110 Å². The maximum absolute atomic E-state index is 13.2. The first kappa shape index (κ1) is 49.6. The molecule has 19 heteroatoms. The molecule has 374 valence electrons. The van der Waals surface area contributed by atoms with Gasteiger partial charge in [0.1, 0.15) is 23.1 Å². The van der Waals surface area contributed by atoms with Crippen molar-refractivity contribution in [3.63, 3.8) is 0 Å². The number of hydrogen-bond acceptors (Lipinski definition) is 14. The van der Waals surface area contributed by atoms with Gasteiger partial charge in [0.05, 0.1) is 37.7 Å². The average Bonchev–Trinajstić information content (AvgIpc) is 4.04. The topological polar surface area (TPSA) is 164 Å². The number of ether oxygens (including phenoxy) is 2. The van der Waals surface area contributed by atoms with Crippen molar-refractivity contribution in [2.75, 3.05) is 74.3 Å². The van der Waals surface area contributed by atoms with Crippen molar-refractivity contribution in [1.82, 2.24) is 49.4 Å². The number of anilines is 4. The Morgan fingerprint density at radius 2 is 1.26 bits per heavy atom. The maximum Gasteiger partial charge on any atom is 0.226 e. The Labute approximate surface area is 421 Å². The van der Waals surface area contributed by atoms with E-state index in [1.54, 1.807) is 23.3 Å². The second kappa shape index (κ2) is 21.9. The highest BCUT2D eigenvalue weighted by Crippen LogP contribution is 2.28. The summed E-state index contributed by atoms with van der Waals surface area (Å²) in [6.07, 6.45) is 0. The monoisotopic (exact) mass is 996 g/mol. The van der Waals surface area contributed by atoms with E-state index in [-0.39, 0.29) is 17.5 Å². The van der Waals surface area contributed by atoms with Gasteiger partial charge in [-0.05, 0) is 117 Å². The Kier molecular flexibility index (Phi) is 15.1. The zero-order valence-corrected chi connectivity index (χ0v) is 42.0. The van der Waals surface area contributed by atoms with Gasteiger partial charge in [-0.2, -0.15) is 9.03 Å². The SMILES string of the molecule is COc1cc(CNc2nc3c(C)cccc3c3nc(CCl)nn23)cc(OC)c1.C[C@@H]1CN(c2ccc(F)cc2)CCN1.Cc1cccc2c1nc(N)n1nc(CN3CCN(c4ccc(F)cc4)C[C@H]3C)nc21. The normalized spacial score (nSPS) is 16.1. The number of benzene rings is 5. The third kappa shape index (κ3) is 11.0. The van der Waals surface area contributed by atoms with Gasteiger partial charge in [-0.15, -0.1) is 21.8 Å². The summed E-state index contributed by atoms with van der Waals surface area (Å²) in [4.78, 5) is 25.6. The van der Waals surface area contributed by atoms with Crippen LogP contribution in [0.3, 0.4) is 0 Å². The van der Waals surface area contributed by atoms with Crippen LogP contribution in [0, 0.1) is 25.5 Å². The van der Waals surface area contributed by atoms with Crippen LogP contribution in [0.15, 0.2) is 103 Å². The van der Waals surface area contributed by atoms with Crippen LogP contribution in [0.25, 0.3) is 33.1 Å². The van der Waals surface area contributed by atoms with Crippen LogP contribution < -0.4 is 35.6 Å². The van der Waals surface area contributed by atoms with E-state index < -0.39 is 0 Å². The van der Waals surface area contributed by atoms with Crippen molar-refractivity contribution >= 4 is 68.0 Å². The van der Waals surface area contributed by atoms with E-state index >= 15 is 0 Å². The molecule has 72 heavy (non-hydrogen) atoms. The van der Waals surface area contributed by atoms with Crippen LogP contribution in [-0.2, 0) is 19.0 Å². The van der Waals surface area contributed by atoms with E-state index in [0.29, 0.717) is 42.9 Å². The lowest BCUT2D eigenvalue weighted by Gasteiger charge is -2.40. The summed E-state index contributed by atoms with van der Waals surface area (Å²) in [7, 11) is 3.26. The summed E-state index contributed by atoms with van der Waals surface area (Å²) in [6.45, 7) is 15.2. The molecule has 6 heterocycles. The van der Waals surface area contributed by atoms with Gasteiger partial charge in [0.25, 0.3) is 0 Å². The van der Waals surface area contributed by atoms with Crippen LogP contribution in [0.2, 0.25) is 0 Å². The Hall–Kier alpha value is -7.41. The summed E-state index contributed by atoms with van der Waals surface area (Å²) in [6, 6.07) is 32.0. The number of nitrogens with zero attached hydrogens (tertiary/aromatic N) is 11. The fourth-order valence-corrected chi connectivity index (χ4v) is 9.27. The molecule has 0 amide bonds. The Balaban J connectivity index is 0.000000142. The lowest BCUT2D eigenvalue weighted by atomic mass is 10.1. The molecule has 2 aliphatic rings. The number of halogens is 3. The minimum atomic E-state index is -0.208. The summed E-state index contributed by atoms with van der Waals surface area (Å²) >= 11 is 5.97. The molecule has 4 aromatic heterocycles. The molecule has 4 N–H and O–H groups in total. The third-order valence-corrected chi connectivity index (χ3v) is 13.2. The van der Waals surface area contributed by atoms with Crippen LogP contribution in [0.4, 0.5) is 32.1 Å². The van der Waals surface area contributed by atoms with Crippen molar-refractivity contribution in [3.8, 4) is 11.5 Å². The zero-order chi connectivity index (χ0) is 50.5. The van der Waals surface area contributed by atoms with Crippen molar-refractivity contribution < 1.29 is 18.3 Å². The number of methoxy groups -OCH3 is 2. The number of nitrogens with two attached hydrogens (primary N) is 1. The molecule has 11 rings (SSSR count). The van der Waals surface area contributed by atoms with Crippen LogP contribution in [0.5, 0.6) is 11.5 Å². The number of aryl methyl sites for hydroxylation is 2. The number of fused-ring (bicyclic) bond motifs is 6. The molecule has 0 saturated carbocycles. The fraction of sp³-hybridized carbons (Fsp3) is 0.321. The van der Waals surface area contributed by atoms with E-state index in [0.717, 1.165) is 118 Å². The third-order valence-electron chi connectivity index (χ3n) is 13.0. The summed E-state index contributed by atoms with van der Waals surface area (Å²) in [5.74, 6) is 3.56. The first-order valence-corrected chi connectivity index (χ1v) is 24.5. The molecule has 0 radical (unpaired) electrons. The standard InChI is InChI=1S/C22H24FN7.C20H20ClN5O2.C11H15FN2/c1-14-4-3-5-18-20(14)26-22(24)30-21(18)25-19(27-30)13-28-10-11-29(12-15(28)2)17-8-6-16(23)7-9-17;1-12-5-4-6-16-18(12)24-20(26-19(16)23-17(10-21)25-26)22-11-13-7-14(27-2)9-15(8-13)28-3;1-9-8-14(7-6-13-9)11-4-2-10(12)3-5-11/h3-9,15H,10-13H2,1-2H3,(H2,24,26);4-9H,10-11H2,1-3H3,(H,22,24);2-5,9,13H,6-8H2,1H3/t15-;;9-/m1.1/s1. The van der Waals surface area contributed by atoms with E-state index in [9.17, 15) is 8.78 Å². The molecular formula is C53H59ClF2N14O2. The average molecular weight is 998 g/mol. The van der Waals surface area contributed by atoms with Crippen LogP contribution in [0.1, 0.15) is 42.2 Å². The van der Waals surface area contributed by atoms with Crippen molar-refractivity contribution in [1.29, 1.82) is 0 Å². The molecule has 9 aromatic rings. The Bertz CT molecular complexity index is 3300. The maximum atomic E-state index is 13.2. The Morgan fingerprint density at radius 3 is 1.85 bits per heavy atom. The van der Waals surface area contributed by atoms with Gasteiger partial charge in [-0.1, -0.05) is 24.3 Å². The number of para-hydroxylation sites is 2. The number of nitrogen functional groups attached to an aromatic ring is 1. The minimum Gasteiger partial charge on any atom is -0.497 e. The van der Waals surface area contributed by atoms with Gasteiger partial charge in [-0.25, -0.2) is 28.7 Å². The number of alkyl halides is 1. The molecule has 2 saturated heterocycles. The molecule has 2 fully saturated rings. The van der Waals surface area contributed by atoms with Gasteiger partial charge < -0.3 is 35.6 Å². The summed E-state index contributed by atoms with van der Waals surface area (Å²) in [5, 5.41) is 17.8. The highest BCUT2D eigenvalue weighted by atomic mass is 35.5. The molecule has 5 aromatic carbocycles. The summed E-state index contributed by atoms with van der Waals surface area (Å²) < 4.78 is 39.9. The predicted molar refractivity (Wildman–Crippen MR) is 281 cm³/mol. The highest BCUT2D eigenvalue weighted by molar-refractivity contribution is 6.16. The molecule has 0 bridgehead atoms.